The second-order valence-electron chi connectivity index (χ2n) is 8.00. The van der Waals surface area contributed by atoms with E-state index in [9.17, 15) is 0 Å². The van der Waals surface area contributed by atoms with Gasteiger partial charge in [-0.1, -0.05) is 110 Å². The van der Waals surface area contributed by atoms with Crippen molar-refractivity contribution in [3.8, 4) is 0 Å². The molecule has 0 fully saturated rings. The number of hydrogen-bond donors (Lipinski definition) is 0. The zero-order valence-corrected chi connectivity index (χ0v) is 18.8. The Morgan fingerprint density at radius 2 is 1.50 bits per heavy atom. The Balaban J connectivity index is 1.75. The molecule has 5 heteroatoms. The summed E-state index contributed by atoms with van der Waals surface area (Å²) in [6, 6.07) is 28.3. The molecule has 0 bridgehead atoms. The lowest BCUT2D eigenvalue weighted by atomic mass is 9.97. The number of nitrogens with zero attached hydrogens (tertiary/aromatic N) is 4. The number of oxime groups is 1. The summed E-state index contributed by atoms with van der Waals surface area (Å²) in [7, 11) is 0. The van der Waals surface area contributed by atoms with Gasteiger partial charge in [0.25, 0.3) is 0 Å². The summed E-state index contributed by atoms with van der Waals surface area (Å²) in [5, 5.41) is 13.6. The van der Waals surface area contributed by atoms with Gasteiger partial charge in [-0.15, -0.1) is 5.10 Å². The molecule has 0 saturated heterocycles. The molecule has 0 amide bonds. The quantitative estimate of drug-likeness (QED) is 0.212. The van der Waals surface area contributed by atoms with E-state index < -0.39 is 0 Å². The van der Waals surface area contributed by atoms with Gasteiger partial charge in [0, 0.05) is 17.0 Å². The molecule has 0 saturated carbocycles. The minimum Gasteiger partial charge on any atom is -0.368 e. The molecular formula is C27H30N4O. The number of fused-ring (bicyclic) bond motifs is 1. The zero-order valence-electron chi connectivity index (χ0n) is 18.8. The summed E-state index contributed by atoms with van der Waals surface area (Å²) in [5.41, 5.74) is 4.67. The second-order valence-corrected chi connectivity index (χ2v) is 8.00. The lowest BCUT2D eigenvalue weighted by Gasteiger charge is -2.25. The van der Waals surface area contributed by atoms with Crippen LogP contribution in [0.15, 0.2) is 90.1 Å². The summed E-state index contributed by atoms with van der Waals surface area (Å²) in [5.74, 6) is 0.275. The minimum absolute atomic E-state index is 0.275. The lowest BCUT2D eigenvalue weighted by Crippen LogP contribution is -2.23. The zero-order chi connectivity index (χ0) is 22.2. The van der Waals surface area contributed by atoms with Crippen LogP contribution >= 0.6 is 0 Å². The maximum Gasteiger partial charge on any atom is 0.223 e. The van der Waals surface area contributed by atoms with Crippen LogP contribution in [0.25, 0.3) is 11.0 Å². The van der Waals surface area contributed by atoms with E-state index in [2.05, 4.69) is 48.4 Å². The monoisotopic (exact) mass is 426 g/mol. The standard InChI is InChI=1S/C27H30N4O/c1-3-5-14-21(4-2)27(31-25-20-13-12-19-24(25)28-30-31)32-29-26(22-15-8-6-9-16-22)23-17-10-7-11-18-23/h6-13,15-21,27H,3-5,14H2,1-2H3. The Morgan fingerprint density at radius 1 is 0.875 bits per heavy atom. The highest BCUT2D eigenvalue weighted by molar-refractivity contribution is 6.12. The van der Waals surface area contributed by atoms with Crippen molar-refractivity contribution in [3.05, 3.63) is 96.1 Å². The highest BCUT2D eigenvalue weighted by Crippen LogP contribution is 2.30. The third-order valence-corrected chi connectivity index (χ3v) is 5.82. The summed E-state index contributed by atoms with van der Waals surface area (Å²) >= 11 is 0. The number of benzene rings is 3. The van der Waals surface area contributed by atoms with Crippen molar-refractivity contribution >= 4 is 16.7 Å². The number of para-hydroxylation sites is 1. The second kappa shape index (κ2) is 10.7. The van der Waals surface area contributed by atoms with E-state index in [1.807, 2.05) is 65.3 Å². The molecule has 0 aliphatic carbocycles. The van der Waals surface area contributed by atoms with E-state index >= 15 is 0 Å². The van der Waals surface area contributed by atoms with Crippen molar-refractivity contribution in [2.45, 2.75) is 45.8 Å². The van der Waals surface area contributed by atoms with E-state index in [1.54, 1.807) is 0 Å². The van der Waals surface area contributed by atoms with Crippen LogP contribution in [0.2, 0.25) is 0 Å². The normalized spacial score (nSPS) is 12.9. The molecule has 164 valence electrons. The van der Waals surface area contributed by atoms with Crippen molar-refractivity contribution in [1.29, 1.82) is 0 Å². The average Bonchev–Trinajstić information content (AvgIpc) is 3.28. The molecule has 1 aromatic heterocycles. The molecule has 4 aromatic rings. The van der Waals surface area contributed by atoms with Gasteiger partial charge in [-0.05, 0) is 25.0 Å². The fourth-order valence-electron chi connectivity index (χ4n) is 3.99. The molecule has 3 aromatic carbocycles. The summed E-state index contributed by atoms with van der Waals surface area (Å²) < 4.78 is 1.90. The topological polar surface area (TPSA) is 52.3 Å². The third kappa shape index (κ3) is 4.88. The molecular weight excluding hydrogens is 396 g/mol. The van der Waals surface area contributed by atoms with Crippen LogP contribution in [0.4, 0.5) is 0 Å². The Kier molecular flexibility index (Phi) is 7.28. The molecule has 5 nitrogen and oxygen atoms in total. The van der Waals surface area contributed by atoms with Crippen LogP contribution in [0.5, 0.6) is 0 Å². The number of rotatable bonds is 10. The third-order valence-electron chi connectivity index (χ3n) is 5.82. The predicted molar refractivity (Wildman–Crippen MR) is 129 cm³/mol. The molecule has 0 spiro atoms. The van der Waals surface area contributed by atoms with Crippen molar-refractivity contribution in [1.82, 2.24) is 15.0 Å². The van der Waals surface area contributed by atoms with Crippen molar-refractivity contribution < 1.29 is 4.84 Å². The van der Waals surface area contributed by atoms with Gasteiger partial charge in [0.2, 0.25) is 6.23 Å². The van der Waals surface area contributed by atoms with Crippen molar-refractivity contribution in [2.75, 3.05) is 0 Å². The minimum atomic E-state index is -0.332. The molecule has 4 rings (SSSR count). The molecule has 2 atom stereocenters. The highest BCUT2D eigenvalue weighted by Gasteiger charge is 2.27. The van der Waals surface area contributed by atoms with Gasteiger partial charge >= 0.3 is 0 Å². The first-order valence-corrected chi connectivity index (χ1v) is 11.5. The number of unbranched alkanes of at least 4 members (excludes halogenated alkanes) is 1. The average molecular weight is 427 g/mol. The Morgan fingerprint density at radius 3 is 2.12 bits per heavy atom. The van der Waals surface area contributed by atoms with E-state index in [-0.39, 0.29) is 12.1 Å². The predicted octanol–water partition coefficient (Wildman–Crippen LogP) is 6.62. The first-order chi connectivity index (χ1) is 15.8. The van der Waals surface area contributed by atoms with Gasteiger partial charge in [0.05, 0.1) is 5.52 Å². The van der Waals surface area contributed by atoms with Gasteiger partial charge in [-0.2, -0.15) is 0 Å². The number of aromatic nitrogens is 3. The first kappa shape index (κ1) is 21.8. The van der Waals surface area contributed by atoms with E-state index in [0.29, 0.717) is 0 Å². The van der Waals surface area contributed by atoms with Gasteiger partial charge in [0.1, 0.15) is 11.2 Å². The largest absolute Gasteiger partial charge is 0.368 e. The Hall–Kier alpha value is -3.47. The van der Waals surface area contributed by atoms with Crippen molar-refractivity contribution in [2.24, 2.45) is 11.1 Å². The van der Waals surface area contributed by atoms with Crippen molar-refractivity contribution in [3.63, 3.8) is 0 Å². The summed E-state index contributed by atoms with van der Waals surface area (Å²) in [4.78, 5) is 6.36. The molecule has 2 unspecified atom stereocenters. The van der Waals surface area contributed by atoms with E-state index in [4.69, 9.17) is 9.99 Å². The van der Waals surface area contributed by atoms with E-state index in [1.165, 1.54) is 0 Å². The summed E-state index contributed by atoms with van der Waals surface area (Å²) in [6.45, 7) is 4.42. The van der Waals surface area contributed by atoms with E-state index in [0.717, 1.165) is 53.6 Å². The summed E-state index contributed by atoms with van der Waals surface area (Å²) in [6.07, 6.45) is 3.97. The lowest BCUT2D eigenvalue weighted by molar-refractivity contribution is -0.0475. The van der Waals surface area contributed by atoms with Gasteiger partial charge < -0.3 is 4.84 Å². The maximum absolute atomic E-state index is 6.36. The van der Waals surface area contributed by atoms with Gasteiger partial charge in [0.15, 0.2) is 0 Å². The molecule has 0 aliphatic heterocycles. The number of hydrogen-bond acceptors (Lipinski definition) is 4. The van der Waals surface area contributed by atoms with Crippen LogP contribution in [-0.2, 0) is 4.84 Å². The van der Waals surface area contributed by atoms with Gasteiger partial charge in [-0.25, -0.2) is 4.68 Å². The smallest absolute Gasteiger partial charge is 0.223 e. The fraction of sp³-hybridized carbons (Fsp3) is 0.296. The van der Waals surface area contributed by atoms with Crippen LogP contribution in [-0.4, -0.2) is 20.7 Å². The van der Waals surface area contributed by atoms with Crippen LogP contribution in [0.1, 0.15) is 56.9 Å². The Bertz CT molecular complexity index is 1100. The molecule has 32 heavy (non-hydrogen) atoms. The SMILES string of the molecule is CCCCC(CC)C(ON=C(c1ccccc1)c1ccccc1)n1nnc2ccccc21. The van der Waals surface area contributed by atoms with Crippen LogP contribution in [0, 0.1) is 5.92 Å². The molecule has 0 aliphatic rings. The van der Waals surface area contributed by atoms with Crippen LogP contribution < -0.4 is 0 Å². The molecule has 1 heterocycles. The Labute approximate surface area is 189 Å². The maximum atomic E-state index is 6.36. The first-order valence-electron chi connectivity index (χ1n) is 11.5. The van der Waals surface area contributed by atoms with Gasteiger partial charge in [-0.3, -0.25) is 0 Å². The highest BCUT2D eigenvalue weighted by atomic mass is 16.7. The molecule has 0 N–H and O–H groups in total. The fourth-order valence-corrected chi connectivity index (χ4v) is 3.99. The molecule has 0 radical (unpaired) electrons. The van der Waals surface area contributed by atoms with Crippen LogP contribution in [0.3, 0.4) is 0 Å².